The maximum absolute atomic E-state index is 9.68. The molecule has 0 rings (SSSR count). The Labute approximate surface area is 139 Å². The number of aliphatic hydroxyl groups excluding tert-OH is 2. The molecule has 0 aromatic carbocycles. The van der Waals surface area contributed by atoms with Crippen LogP contribution < -0.4 is 0 Å². The van der Waals surface area contributed by atoms with Gasteiger partial charge < -0.3 is 10.2 Å². The predicted molar refractivity (Wildman–Crippen MR) is 97.1 cm³/mol. The summed E-state index contributed by atoms with van der Waals surface area (Å²) in [5.41, 5.74) is 0.132. The summed E-state index contributed by atoms with van der Waals surface area (Å²) in [6.45, 7) is 12.4. The van der Waals surface area contributed by atoms with Gasteiger partial charge in [0.15, 0.2) is 0 Å². The fourth-order valence-corrected chi connectivity index (χ4v) is 2.64. The first kappa shape index (κ1) is 21.9. The molecule has 2 nitrogen and oxygen atoms in total. The van der Waals surface area contributed by atoms with Crippen molar-refractivity contribution in [1.29, 1.82) is 0 Å². The second kappa shape index (κ2) is 10.6. The minimum atomic E-state index is -0.210. The van der Waals surface area contributed by atoms with Gasteiger partial charge >= 0.3 is 0 Å². The highest BCUT2D eigenvalue weighted by molar-refractivity contribution is 4.74. The molecule has 0 spiro atoms. The largest absolute Gasteiger partial charge is 0.393 e. The first-order chi connectivity index (χ1) is 10.1. The minimum absolute atomic E-state index is 0.0661. The van der Waals surface area contributed by atoms with Crippen molar-refractivity contribution in [2.45, 2.75) is 118 Å². The van der Waals surface area contributed by atoms with Crippen LogP contribution in [0.2, 0.25) is 0 Å². The van der Waals surface area contributed by atoms with Gasteiger partial charge in [-0.15, -0.1) is 0 Å². The van der Waals surface area contributed by atoms with E-state index in [-0.39, 0.29) is 23.0 Å². The van der Waals surface area contributed by atoms with Crippen LogP contribution in [0.15, 0.2) is 0 Å². The van der Waals surface area contributed by atoms with Crippen molar-refractivity contribution in [3.05, 3.63) is 0 Å². The molecule has 0 heterocycles. The minimum Gasteiger partial charge on any atom is -0.393 e. The number of rotatable bonds is 13. The molecule has 0 aliphatic carbocycles. The van der Waals surface area contributed by atoms with Gasteiger partial charge in [-0.05, 0) is 37.5 Å². The zero-order chi connectivity index (χ0) is 17.2. The molecule has 0 saturated carbocycles. The van der Waals surface area contributed by atoms with Crippen LogP contribution in [0.1, 0.15) is 106 Å². The average Bonchev–Trinajstić information content (AvgIpc) is 2.40. The molecule has 0 fully saturated rings. The molecule has 2 heteroatoms. The van der Waals surface area contributed by atoms with Gasteiger partial charge in [0.05, 0.1) is 12.2 Å². The molecule has 0 bridgehead atoms. The van der Waals surface area contributed by atoms with Gasteiger partial charge in [-0.2, -0.15) is 0 Å². The highest BCUT2D eigenvalue weighted by atomic mass is 16.3. The first-order valence-corrected chi connectivity index (χ1v) is 9.46. The van der Waals surface area contributed by atoms with Crippen LogP contribution in [0, 0.1) is 10.8 Å². The van der Waals surface area contributed by atoms with Gasteiger partial charge in [-0.25, -0.2) is 0 Å². The smallest absolute Gasteiger partial charge is 0.0563 e. The third kappa shape index (κ3) is 9.84. The second-order valence-electron chi connectivity index (χ2n) is 8.66. The fourth-order valence-electron chi connectivity index (χ4n) is 2.64. The quantitative estimate of drug-likeness (QED) is 0.428. The summed E-state index contributed by atoms with van der Waals surface area (Å²) >= 11 is 0. The highest BCUT2D eigenvalue weighted by Crippen LogP contribution is 2.29. The van der Waals surface area contributed by atoms with E-state index >= 15 is 0 Å². The molecular formula is C20H42O2. The molecule has 0 amide bonds. The summed E-state index contributed by atoms with van der Waals surface area (Å²) in [7, 11) is 0. The Kier molecular flexibility index (Phi) is 10.6. The normalized spacial score (nSPS) is 15.8. The molecule has 0 saturated heterocycles. The second-order valence-corrected chi connectivity index (χ2v) is 8.66. The lowest BCUT2D eigenvalue weighted by Crippen LogP contribution is -2.26. The summed E-state index contributed by atoms with van der Waals surface area (Å²) in [6.07, 6.45) is 12.2. The van der Waals surface area contributed by atoms with Crippen LogP contribution in [0.25, 0.3) is 0 Å². The van der Waals surface area contributed by atoms with Gasteiger partial charge in [0, 0.05) is 0 Å². The van der Waals surface area contributed by atoms with Crippen molar-refractivity contribution >= 4 is 0 Å². The van der Waals surface area contributed by atoms with Crippen molar-refractivity contribution < 1.29 is 10.2 Å². The van der Waals surface area contributed by atoms with E-state index in [1.807, 2.05) is 13.8 Å². The SMILES string of the molecule is CC(O)C(C)(C)CCCCCCCCCCC(C)(C)C(C)O. The van der Waals surface area contributed by atoms with Gasteiger partial charge in [-0.3, -0.25) is 0 Å². The van der Waals surface area contributed by atoms with Gasteiger partial charge in [0.1, 0.15) is 0 Å². The van der Waals surface area contributed by atoms with E-state index in [0.717, 1.165) is 12.8 Å². The van der Waals surface area contributed by atoms with E-state index < -0.39 is 0 Å². The Morgan fingerprint density at radius 1 is 0.545 bits per heavy atom. The molecule has 0 aromatic heterocycles. The Hall–Kier alpha value is -0.0800. The fraction of sp³-hybridized carbons (Fsp3) is 1.00. The van der Waals surface area contributed by atoms with Crippen molar-refractivity contribution in [3.63, 3.8) is 0 Å². The Morgan fingerprint density at radius 3 is 1.00 bits per heavy atom. The van der Waals surface area contributed by atoms with Crippen molar-refractivity contribution in [1.82, 2.24) is 0 Å². The standard InChI is InChI=1S/C20H42O2/c1-17(21)19(3,4)15-13-11-9-7-8-10-12-14-16-20(5,6)18(2)22/h17-18,21-22H,7-16H2,1-6H3. The monoisotopic (exact) mass is 314 g/mol. The van der Waals surface area contributed by atoms with Gasteiger partial charge in [-0.1, -0.05) is 79.1 Å². The lowest BCUT2D eigenvalue weighted by atomic mass is 9.82. The molecule has 0 aliphatic rings. The van der Waals surface area contributed by atoms with E-state index in [1.165, 1.54) is 51.4 Å². The number of hydrogen-bond donors (Lipinski definition) is 2. The molecule has 2 N–H and O–H groups in total. The van der Waals surface area contributed by atoms with E-state index in [4.69, 9.17) is 0 Å². The lowest BCUT2D eigenvalue weighted by Gasteiger charge is -2.28. The van der Waals surface area contributed by atoms with Crippen molar-refractivity contribution in [2.75, 3.05) is 0 Å². The summed E-state index contributed by atoms with van der Waals surface area (Å²) in [5.74, 6) is 0. The molecule has 0 aromatic rings. The molecular weight excluding hydrogens is 272 g/mol. The average molecular weight is 315 g/mol. The maximum Gasteiger partial charge on any atom is 0.0563 e. The third-order valence-corrected chi connectivity index (χ3v) is 5.65. The molecule has 2 atom stereocenters. The Morgan fingerprint density at radius 2 is 0.773 bits per heavy atom. The zero-order valence-electron chi connectivity index (χ0n) is 16.1. The lowest BCUT2D eigenvalue weighted by molar-refractivity contribution is 0.0574. The summed E-state index contributed by atoms with van der Waals surface area (Å²) in [4.78, 5) is 0. The third-order valence-electron chi connectivity index (χ3n) is 5.65. The van der Waals surface area contributed by atoms with Crippen LogP contribution in [0.4, 0.5) is 0 Å². The summed E-state index contributed by atoms with van der Waals surface area (Å²) in [5, 5.41) is 19.4. The first-order valence-electron chi connectivity index (χ1n) is 9.46. The zero-order valence-corrected chi connectivity index (χ0v) is 16.1. The number of unbranched alkanes of at least 4 members (excludes halogenated alkanes) is 7. The number of aliphatic hydroxyl groups is 2. The van der Waals surface area contributed by atoms with Crippen LogP contribution in [0.5, 0.6) is 0 Å². The Bertz CT molecular complexity index is 239. The van der Waals surface area contributed by atoms with E-state index in [0.29, 0.717) is 0 Å². The highest BCUT2D eigenvalue weighted by Gasteiger charge is 2.23. The molecule has 22 heavy (non-hydrogen) atoms. The van der Waals surface area contributed by atoms with Crippen LogP contribution in [-0.2, 0) is 0 Å². The van der Waals surface area contributed by atoms with Gasteiger partial charge in [0.25, 0.3) is 0 Å². The van der Waals surface area contributed by atoms with Crippen molar-refractivity contribution in [2.24, 2.45) is 10.8 Å². The van der Waals surface area contributed by atoms with E-state index in [1.54, 1.807) is 0 Å². The topological polar surface area (TPSA) is 40.5 Å². The predicted octanol–water partition coefficient (Wildman–Crippen LogP) is 5.70. The van der Waals surface area contributed by atoms with Crippen LogP contribution in [0.3, 0.4) is 0 Å². The summed E-state index contributed by atoms with van der Waals surface area (Å²) < 4.78 is 0. The molecule has 2 unspecified atom stereocenters. The van der Waals surface area contributed by atoms with Crippen LogP contribution >= 0.6 is 0 Å². The van der Waals surface area contributed by atoms with E-state index in [9.17, 15) is 10.2 Å². The Balaban J connectivity index is 3.42. The van der Waals surface area contributed by atoms with Gasteiger partial charge in [0.2, 0.25) is 0 Å². The molecule has 0 radical (unpaired) electrons. The number of hydrogen-bond acceptors (Lipinski definition) is 2. The maximum atomic E-state index is 9.68. The van der Waals surface area contributed by atoms with E-state index in [2.05, 4.69) is 27.7 Å². The van der Waals surface area contributed by atoms with Crippen molar-refractivity contribution in [3.8, 4) is 0 Å². The summed E-state index contributed by atoms with van der Waals surface area (Å²) in [6, 6.07) is 0. The molecule has 134 valence electrons. The molecule has 0 aliphatic heterocycles. The van der Waals surface area contributed by atoms with Crippen LogP contribution in [-0.4, -0.2) is 22.4 Å².